The van der Waals surface area contributed by atoms with Crippen molar-refractivity contribution in [2.45, 2.75) is 45.4 Å². The van der Waals surface area contributed by atoms with Gasteiger partial charge in [-0.1, -0.05) is 6.07 Å². The largest absolute Gasteiger partial charge is 0.490 e. The number of nitrogens with one attached hydrogen (secondary N) is 1. The van der Waals surface area contributed by atoms with Crippen LogP contribution in [0.4, 0.5) is 0 Å². The molecule has 0 bridgehead atoms. The summed E-state index contributed by atoms with van der Waals surface area (Å²) in [6, 6.07) is 5.86. The highest BCUT2D eigenvalue weighted by atomic mass is 16.5. The number of ether oxygens (including phenoxy) is 2. The number of amides is 1. The number of rotatable bonds is 7. The Hall–Kier alpha value is -1.75. The summed E-state index contributed by atoms with van der Waals surface area (Å²) in [7, 11) is 0. The number of hydrogen-bond donors (Lipinski definition) is 2. The highest BCUT2D eigenvalue weighted by Gasteiger charge is 2.26. The molecule has 1 amide bonds. The molecule has 0 saturated heterocycles. The Labute approximate surface area is 119 Å². The molecule has 0 spiro atoms. The van der Waals surface area contributed by atoms with E-state index in [9.17, 15) is 4.79 Å². The fraction of sp³-hybridized carbons (Fsp3) is 0.533. The van der Waals surface area contributed by atoms with Crippen molar-refractivity contribution in [2.24, 2.45) is 5.73 Å². The lowest BCUT2D eigenvalue weighted by Crippen LogP contribution is -2.37. The molecule has 2 rings (SSSR count). The summed E-state index contributed by atoms with van der Waals surface area (Å²) < 4.78 is 11.3. The Morgan fingerprint density at radius 2 is 2.20 bits per heavy atom. The second-order valence-corrected chi connectivity index (χ2v) is 4.96. The van der Waals surface area contributed by atoms with Crippen LogP contribution in [0.3, 0.4) is 0 Å². The molecule has 0 aliphatic heterocycles. The first-order chi connectivity index (χ1) is 9.63. The van der Waals surface area contributed by atoms with Crippen molar-refractivity contribution in [1.82, 2.24) is 5.32 Å². The van der Waals surface area contributed by atoms with Crippen LogP contribution in [0.15, 0.2) is 18.2 Å². The average molecular weight is 278 g/mol. The van der Waals surface area contributed by atoms with Crippen LogP contribution in [-0.4, -0.2) is 24.7 Å². The van der Waals surface area contributed by atoms with Gasteiger partial charge in [0.15, 0.2) is 17.6 Å². The van der Waals surface area contributed by atoms with Crippen LogP contribution in [-0.2, 0) is 11.3 Å². The molecular weight excluding hydrogens is 256 g/mol. The van der Waals surface area contributed by atoms with Gasteiger partial charge >= 0.3 is 0 Å². The van der Waals surface area contributed by atoms with Crippen LogP contribution in [0.25, 0.3) is 0 Å². The molecule has 0 radical (unpaired) electrons. The second-order valence-electron chi connectivity index (χ2n) is 4.96. The molecule has 20 heavy (non-hydrogen) atoms. The maximum atomic E-state index is 11.9. The molecule has 110 valence electrons. The van der Waals surface area contributed by atoms with Gasteiger partial charge in [-0.25, -0.2) is 0 Å². The minimum absolute atomic E-state index is 0.0853. The predicted octanol–water partition coefficient (Wildman–Crippen LogP) is 1.59. The zero-order valence-electron chi connectivity index (χ0n) is 12.0. The zero-order valence-corrected chi connectivity index (χ0v) is 12.0. The van der Waals surface area contributed by atoms with E-state index in [1.54, 1.807) is 13.0 Å². The second kappa shape index (κ2) is 6.61. The molecule has 5 nitrogen and oxygen atoms in total. The van der Waals surface area contributed by atoms with Gasteiger partial charge in [-0.2, -0.15) is 0 Å². The molecule has 1 unspecified atom stereocenters. The van der Waals surface area contributed by atoms with Gasteiger partial charge in [0.05, 0.1) is 6.61 Å². The highest BCUT2D eigenvalue weighted by Crippen LogP contribution is 2.29. The Kier molecular flexibility index (Phi) is 4.84. The molecule has 1 aromatic rings. The van der Waals surface area contributed by atoms with Crippen molar-refractivity contribution in [3.05, 3.63) is 23.8 Å². The third-order valence-electron chi connectivity index (χ3n) is 3.14. The van der Waals surface area contributed by atoms with E-state index in [2.05, 4.69) is 5.32 Å². The minimum atomic E-state index is -0.543. The third-order valence-corrected chi connectivity index (χ3v) is 3.14. The topological polar surface area (TPSA) is 73.6 Å². The number of carbonyl (C=O) groups excluding carboxylic acids is 1. The lowest BCUT2D eigenvalue weighted by atomic mass is 10.2. The quantitative estimate of drug-likeness (QED) is 0.794. The SMILES string of the molecule is CCOc1cc(CN)ccc1OC(C)C(=O)NC1CC1. The van der Waals surface area contributed by atoms with Gasteiger partial charge < -0.3 is 20.5 Å². The standard InChI is InChI=1S/C15H22N2O3/c1-3-19-14-8-11(9-16)4-7-13(14)20-10(2)15(18)17-12-5-6-12/h4,7-8,10,12H,3,5-6,9,16H2,1-2H3,(H,17,18). The summed E-state index contributed by atoms with van der Waals surface area (Å²) in [5, 5.41) is 2.92. The molecule has 1 aromatic carbocycles. The van der Waals surface area contributed by atoms with Gasteiger partial charge in [-0.15, -0.1) is 0 Å². The van der Waals surface area contributed by atoms with Gasteiger partial charge in [0.25, 0.3) is 5.91 Å². The van der Waals surface area contributed by atoms with Crippen LogP contribution < -0.4 is 20.5 Å². The van der Waals surface area contributed by atoms with Crippen molar-refractivity contribution < 1.29 is 14.3 Å². The van der Waals surface area contributed by atoms with E-state index in [0.29, 0.717) is 30.7 Å². The number of benzene rings is 1. The molecular formula is C15H22N2O3. The molecule has 1 aliphatic rings. The normalized spacial score (nSPS) is 15.6. The summed E-state index contributed by atoms with van der Waals surface area (Å²) in [6.07, 6.45) is 1.58. The Bertz CT molecular complexity index is 472. The lowest BCUT2D eigenvalue weighted by Gasteiger charge is -2.17. The molecule has 1 fully saturated rings. The lowest BCUT2D eigenvalue weighted by molar-refractivity contribution is -0.127. The molecule has 5 heteroatoms. The van der Waals surface area contributed by atoms with Crippen molar-refractivity contribution in [2.75, 3.05) is 6.61 Å². The van der Waals surface area contributed by atoms with Gasteiger partial charge in [-0.3, -0.25) is 4.79 Å². The molecule has 1 aliphatic carbocycles. The molecule has 0 heterocycles. The number of hydrogen-bond acceptors (Lipinski definition) is 4. The van der Waals surface area contributed by atoms with Crippen molar-refractivity contribution in [3.63, 3.8) is 0 Å². The fourth-order valence-corrected chi connectivity index (χ4v) is 1.84. The number of nitrogens with two attached hydrogens (primary N) is 1. The molecule has 1 atom stereocenters. The van der Waals surface area contributed by atoms with E-state index in [0.717, 1.165) is 18.4 Å². The van der Waals surface area contributed by atoms with E-state index < -0.39 is 6.10 Å². The van der Waals surface area contributed by atoms with E-state index >= 15 is 0 Å². The summed E-state index contributed by atoms with van der Waals surface area (Å²) in [5.74, 6) is 1.11. The first kappa shape index (κ1) is 14.7. The third kappa shape index (κ3) is 3.87. The maximum Gasteiger partial charge on any atom is 0.260 e. The van der Waals surface area contributed by atoms with E-state index in [4.69, 9.17) is 15.2 Å². The molecule has 3 N–H and O–H groups in total. The Balaban J connectivity index is 2.04. The fourth-order valence-electron chi connectivity index (χ4n) is 1.84. The summed E-state index contributed by atoms with van der Waals surface area (Å²) >= 11 is 0. The zero-order chi connectivity index (χ0) is 14.5. The summed E-state index contributed by atoms with van der Waals surface area (Å²) in [6.45, 7) is 4.62. The van der Waals surface area contributed by atoms with E-state index in [-0.39, 0.29) is 5.91 Å². The first-order valence-electron chi connectivity index (χ1n) is 7.06. The number of carbonyl (C=O) groups is 1. The first-order valence-corrected chi connectivity index (χ1v) is 7.06. The molecule has 0 aromatic heterocycles. The smallest absolute Gasteiger partial charge is 0.260 e. The van der Waals surface area contributed by atoms with Crippen molar-refractivity contribution >= 4 is 5.91 Å². The minimum Gasteiger partial charge on any atom is -0.490 e. The van der Waals surface area contributed by atoms with E-state index in [1.807, 2.05) is 19.1 Å². The summed E-state index contributed by atoms with van der Waals surface area (Å²) in [5.41, 5.74) is 6.58. The summed E-state index contributed by atoms with van der Waals surface area (Å²) in [4.78, 5) is 11.9. The maximum absolute atomic E-state index is 11.9. The van der Waals surface area contributed by atoms with Crippen molar-refractivity contribution in [1.29, 1.82) is 0 Å². The highest BCUT2D eigenvalue weighted by molar-refractivity contribution is 5.81. The predicted molar refractivity (Wildman–Crippen MR) is 76.8 cm³/mol. The van der Waals surface area contributed by atoms with E-state index in [1.165, 1.54) is 0 Å². The van der Waals surface area contributed by atoms with Gasteiger partial charge in [0.1, 0.15) is 0 Å². The van der Waals surface area contributed by atoms with Gasteiger partial charge in [0, 0.05) is 12.6 Å². The van der Waals surface area contributed by atoms with Crippen LogP contribution in [0, 0.1) is 0 Å². The van der Waals surface area contributed by atoms with Gasteiger partial charge in [0.2, 0.25) is 0 Å². The van der Waals surface area contributed by atoms with Crippen LogP contribution in [0.2, 0.25) is 0 Å². The molecule has 1 saturated carbocycles. The van der Waals surface area contributed by atoms with Crippen LogP contribution in [0.5, 0.6) is 11.5 Å². The monoisotopic (exact) mass is 278 g/mol. The van der Waals surface area contributed by atoms with Gasteiger partial charge in [-0.05, 0) is 44.4 Å². The Morgan fingerprint density at radius 1 is 1.45 bits per heavy atom. The van der Waals surface area contributed by atoms with Crippen LogP contribution >= 0.6 is 0 Å². The van der Waals surface area contributed by atoms with Crippen molar-refractivity contribution in [3.8, 4) is 11.5 Å². The average Bonchev–Trinajstić information content (AvgIpc) is 3.24. The van der Waals surface area contributed by atoms with Crippen LogP contribution in [0.1, 0.15) is 32.3 Å². The Morgan fingerprint density at radius 3 is 2.80 bits per heavy atom.